The number of amides is 1. The van der Waals surface area contributed by atoms with Crippen LogP contribution in [0.3, 0.4) is 0 Å². The van der Waals surface area contributed by atoms with E-state index in [9.17, 15) is 4.79 Å². The van der Waals surface area contributed by atoms with Gasteiger partial charge < -0.3 is 4.74 Å². The molecule has 4 rings (SSSR count). The fourth-order valence-corrected chi connectivity index (χ4v) is 3.88. The Balaban J connectivity index is 1.75. The number of fused-ring (bicyclic) bond motifs is 1. The summed E-state index contributed by atoms with van der Waals surface area (Å²) < 4.78 is 6.24. The number of rotatable bonds is 5. The van der Waals surface area contributed by atoms with Crippen molar-refractivity contribution in [3.63, 3.8) is 0 Å². The lowest BCUT2D eigenvalue weighted by atomic mass is 10.2. The van der Waals surface area contributed by atoms with Crippen molar-refractivity contribution in [3.8, 4) is 5.75 Å². The average Bonchev–Trinajstić information content (AvgIpc) is 3.15. The average molecular weight is 410 g/mol. The predicted molar refractivity (Wildman–Crippen MR) is 112 cm³/mol. The van der Waals surface area contributed by atoms with E-state index in [0.717, 1.165) is 21.7 Å². The highest BCUT2D eigenvalue weighted by Gasteiger charge is 2.22. The summed E-state index contributed by atoms with van der Waals surface area (Å²) >= 11 is 7.41. The van der Waals surface area contributed by atoms with Crippen LogP contribution in [0.25, 0.3) is 10.2 Å². The molecule has 2 aromatic carbocycles. The molecule has 4 aromatic rings. The van der Waals surface area contributed by atoms with Gasteiger partial charge in [-0.2, -0.15) is 0 Å². The molecular formula is C21H16ClN3O2S. The molecule has 7 heteroatoms. The highest BCUT2D eigenvalue weighted by molar-refractivity contribution is 7.22. The first-order valence-electron chi connectivity index (χ1n) is 8.56. The van der Waals surface area contributed by atoms with Gasteiger partial charge in [0, 0.05) is 16.8 Å². The van der Waals surface area contributed by atoms with Crippen molar-refractivity contribution in [3.05, 3.63) is 83.1 Å². The van der Waals surface area contributed by atoms with Gasteiger partial charge in [0.05, 0.1) is 29.6 Å². The van der Waals surface area contributed by atoms with Gasteiger partial charge in [0.2, 0.25) is 0 Å². The Labute approximate surface area is 171 Å². The first-order valence-corrected chi connectivity index (χ1v) is 9.75. The van der Waals surface area contributed by atoms with E-state index in [-0.39, 0.29) is 5.91 Å². The number of hydrogen-bond donors (Lipinski definition) is 0. The number of anilines is 1. The van der Waals surface area contributed by atoms with Crippen LogP contribution in [0, 0.1) is 0 Å². The quantitative estimate of drug-likeness (QED) is 0.454. The summed E-state index contributed by atoms with van der Waals surface area (Å²) in [6, 6.07) is 18.1. The lowest BCUT2D eigenvalue weighted by molar-refractivity contribution is 0.0985. The third kappa shape index (κ3) is 3.83. The van der Waals surface area contributed by atoms with Crippen molar-refractivity contribution in [2.24, 2.45) is 0 Å². The standard InChI is InChI=1S/C21H16ClN3O2S/c1-27-17-9-10-18-19(12-17)28-21(24-18)25(13-16-4-2-3-11-23-16)20(26)14-5-7-15(22)8-6-14/h2-12H,13H2,1H3. The SMILES string of the molecule is COc1ccc2nc(N(Cc3ccccn3)C(=O)c3ccc(Cl)cc3)sc2c1. The zero-order chi connectivity index (χ0) is 19.5. The van der Waals surface area contributed by atoms with Crippen molar-refractivity contribution < 1.29 is 9.53 Å². The summed E-state index contributed by atoms with van der Waals surface area (Å²) in [5.74, 6) is 0.594. The molecule has 2 heterocycles. The number of ether oxygens (including phenoxy) is 1. The zero-order valence-electron chi connectivity index (χ0n) is 15.0. The van der Waals surface area contributed by atoms with Gasteiger partial charge in [-0.15, -0.1) is 0 Å². The molecule has 140 valence electrons. The summed E-state index contributed by atoms with van der Waals surface area (Å²) in [4.78, 5) is 23.9. The molecule has 0 spiro atoms. The predicted octanol–water partition coefficient (Wildman–Crippen LogP) is 5.20. The van der Waals surface area contributed by atoms with Gasteiger partial charge in [0.15, 0.2) is 5.13 Å². The van der Waals surface area contributed by atoms with Gasteiger partial charge >= 0.3 is 0 Å². The Kier molecular flexibility index (Phi) is 5.23. The molecule has 2 aromatic heterocycles. The second-order valence-corrected chi connectivity index (χ2v) is 7.49. The number of nitrogens with zero attached hydrogens (tertiary/aromatic N) is 3. The van der Waals surface area contributed by atoms with E-state index in [1.165, 1.54) is 11.3 Å². The molecule has 0 aliphatic rings. The highest BCUT2D eigenvalue weighted by Crippen LogP contribution is 2.33. The molecule has 0 saturated carbocycles. The van der Waals surface area contributed by atoms with E-state index >= 15 is 0 Å². The number of carbonyl (C=O) groups is 1. The van der Waals surface area contributed by atoms with E-state index in [1.807, 2.05) is 36.4 Å². The van der Waals surface area contributed by atoms with Crippen LogP contribution in [0.1, 0.15) is 16.1 Å². The smallest absolute Gasteiger partial charge is 0.260 e. The number of aromatic nitrogens is 2. The largest absolute Gasteiger partial charge is 0.497 e. The minimum absolute atomic E-state index is 0.159. The first-order chi connectivity index (χ1) is 13.6. The Morgan fingerprint density at radius 2 is 1.96 bits per heavy atom. The number of carbonyl (C=O) groups excluding carboxylic acids is 1. The molecule has 0 atom stereocenters. The van der Waals surface area contributed by atoms with E-state index in [2.05, 4.69) is 9.97 Å². The van der Waals surface area contributed by atoms with Crippen LogP contribution >= 0.6 is 22.9 Å². The first kappa shape index (κ1) is 18.4. The van der Waals surface area contributed by atoms with E-state index in [1.54, 1.807) is 42.5 Å². The number of methoxy groups -OCH3 is 1. The Hall–Kier alpha value is -2.96. The lowest BCUT2D eigenvalue weighted by Crippen LogP contribution is -2.30. The third-order valence-electron chi connectivity index (χ3n) is 4.20. The van der Waals surface area contributed by atoms with Gasteiger partial charge in [0.1, 0.15) is 5.75 Å². The van der Waals surface area contributed by atoms with Crippen molar-refractivity contribution >= 4 is 44.2 Å². The topological polar surface area (TPSA) is 55.3 Å². The second-order valence-electron chi connectivity index (χ2n) is 6.05. The molecule has 28 heavy (non-hydrogen) atoms. The molecule has 0 aliphatic carbocycles. The van der Waals surface area contributed by atoms with Gasteiger partial charge in [0.25, 0.3) is 5.91 Å². The van der Waals surface area contributed by atoms with Gasteiger partial charge in [-0.1, -0.05) is 29.0 Å². The molecule has 0 unspecified atom stereocenters. The third-order valence-corrected chi connectivity index (χ3v) is 5.49. The second kappa shape index (κ2) is 7.96. The summed E-state index contributed by atoms with van der Waals surface area (Å²) in [5, 5.41) is 1.19. The summed E-state index contributed by atoms with van der Waals surface area (Å²) in [7, 11) is 1.63. The van der Waals surface area contributed by atoms with Crippen molar-refractivity contribution in [2.75, 3.05) is 12.0 Å². The lowest BCUT2D eigenvalue weighted by Gasteiger charge is -2.19. The van der Waals surface area contributed by atoms with Crippen molar-refractivity contribution in [1.82, 2.24) is 9.97 Å². The molecule has 0 radical (unpaired) electrons. The summed E-state index contributed by atoms with van der Waals surface area (Å²) in [6.45, 7) is 0.319. The fraction of sp³-hybridized carbons (Fsp3) is 0.0952. The van der Waals surface area contributed by atoms with Crippen molar-refractivity contribution in [2.45, 2.75) is 6.54 Å². The minimum Gasteiger partial charge on any atom is -0.497 e. The van der Waals surface area contributed by atoms with Gasteiger partial charge in [-0.3, -0.25) is 14.7 Å². The van der Waals surface area contributed by atoms with Crippen LogP contribution in [0.4, 0.5) is 5.13 Å². The fourth-order valence-electron chi connectivity index (χ4n) is 2.76. The van der Waals surface area contributed by atoms with E-state index in [4.69, 9.17) is 16.3 Å². The Bertz CT molecular complexity index is 1110. The van der Waals surface area contributed by atoms with Crippen LogP contribution in [0.5, 0.6) is 5.75 Å². The Morgan fingerprint density at radius 1 is 1.14 bits per heavy atom. The number of thiazole rings is 1. The van der Waals surface area contributed by atoms with E-state index < -0.39 is 0 Å². The maximum Gasteiger partial charge on any atom is 0.260 e. The normalized spacial score (nSPS) is 10.8. The van der Waals surface area contributed by atoms with Gasteiger partial charge in [-0.05, 0) is 54.6 Å². The van der Waals surface area contributed by atoms with Crippen LogP contribution in [0.15, 0.2) is 66.9 Å². The highest BCUT2D eigenvalue weighted by atomic mass is 35.5. The molecular weight excluding hydrogens is 394 g/mol. The Morgan fingerprint density at radius 3 is 2.68 bits per heavy atom. The molecule has 0 fully saturated rings. The monoisotopic (exact) mass is 409 g/mol. The molecule has 5 nitrogen and oxygen atoms in total. The number of halogens is 1. The van der Waals surface area contributed by atoms with Crippen LogP contribution in [-0.2, 0) is 6.54 Å². The minimum atomic E-state index is -0.159. The molecule has 0 saturated heterocycles. The maximum atomic E-state index is 13.3. The number of hydrogen-bond acceptors (Lipinski definition) is 5. The van der Waals surface area contributed by atoms with E-state index in [0.29, 0.717) is 22.3 Å². The van der Waals surface area contributed by atoms with Crippen LogP contribution < -0.4 is 9.64 Å². The molecule has 0 N–H and O–H groups in total. The summed E-state index contributed by atoms with van der Waals surface area (Å²) in [5.41, 5.74) is 2.13. The van der Waals surface area contributed by atoms with Crippen LogP contribution in [-0.4, -0.2) is 23.0 Å². The van der Waals surface area contributed by atoms with Gasteiger partial charge in [-0.25, -0.2) is 4.98 Å². The zero-order valence-corrected chi connectivity index (χ0v) is 16.6. The maximum absolute atomic E-state index is 13.3. The number of pyridine rings is 1. The van der Waals surface area contributed by atoms with Crippen LogP contribution in [0.2, 0.25) is 5.02 Å². The number of benzene rings is 2. The molecule has 0 bridgehead atoms. The van der Waals surface area contributed by atoms with Crippen molar-refractivity contribution in [1.29, 1.82) is 0 Å². The molecule has 0 aliphatic heterocycles. The molecule has 1 amide bonds. The summed E-state index contributed by atoms with van der Waals surface area (Å²) in [6.07, 6.45) is 1.71.